The molecule has 1 atom stereocenters. The summed E-state index contributed by atoms with van der Waals surface area (Å²) < 4.78 is 10.2. The van der Waals surface area contributed by atoms with E-state index < -0.39 is 6.10 Å². The van der Waals surface area contributed by atoms with Crippen molar-refractivity contribution in [1.29, 1.82) is 0 Å². The van der Waals surface area contributed by atoms with Crippen molar-refractivity contribution in [3.63, 3.8) is 0 Å². The summed E-state index contributed by atoms with van der Waals surface area (Å²) in [5, 5.41) is 9.56. The van der Waals surface area contributed by atoms with Gasteiger partial charge < -0.3 is 14.6 Å². The first-order chi connectivity index (χ1) is 6.72. The van der Waals surface area contributed by atoms with E-state index in [9.17, 15) is 5.11 Å². The summed E-state index contributed by atoms with van der Waals surface area (Å²) in [6.07, 6.45) is 1.15. The summed E-state index contributed by atoms with van der Waals surface area (Å²) in [5.74, 6) is 1.30. The van der Waals surface area contributed by atoms with Crippen LogP contribution in [0.1, 0.15) is 18.6 Å². The fourth-order valence-electron chi connectivity index (χ4n) is 1.23. The Hall–Kier alpha value is -1.22. The maximum absolute atomic E-state index is 9.56. The number of ether oxygens (including phenoxy) is 2. The highest BCUT2D eigenvalue weighted by atomic mass is 16.5. The molecule has 0 saturated heterocycles. The van der Waals surface area contributed by atoms with E-state index in [0.29, 0.717) is 11.5 Å². The van der Waals surface area contributed by atoms with Crippen molar-refractivity contribution < 1.29 is 14.6 Å². The number of methoxy groups -OCH3 is 2. The molecule has 3 nitrogen and oxygen atoms in total. The number of benzene rings is 1. The van der Waals surface area contributed by atoms with E-state index in [0.717, 1.165) is 5.56 Å². The smallest absolute Gasteiger partial charge is 0.161 e. The molecule has 0 aromatic heterocycles. The zero-order valence-electron chi connectivity index (χ0n) is 8.65. The van der Waals surface area contributed by atoms with Gasteiger partial charge in [0.05, 0.1) is 20.3 Å². The van der Waals surface area contributed by atoms with Gasteiger partial charge in [0, 0.05) is 0 Å². The number of rotatable bonds is 4. The summed E-state index contributed by atoms with van der Waals surface area (Å²) in [7, 11) is 3.16. The molecule has 0 aliphatic carbocycles. The van der Waals surface area contributed by atoms with Crippen molar-refractivity contribution in [2.24, 2.45) is 0 Å². The molecule has 0 bridgehead atoms. The van der Waals surface area contributed by atoms with Crippen LogP contribution in [0.15, 0.2) is 18.2 Å². The molecule has 0 heterocycles. The standard InChI is InChI=1S/C11H15O3/c1-4-9(12)8-5-6-10(13-2)11(7-8)14-3/h4-7,9,12H,1-3H3. The van der Waals surface area contributed by atoms with Crippen LogP contribution in [-0.4, -0.2) is 19.3 Å². The maximum atomic E-state index is 9.56. The predicted octanol–water partition coefficient (Wildman–Crippen LogP) is 1.96. The molecule has 0 saturated carbocycles. The fraction of sp³-hybridized carbons (Fsp3) is 0.364. The highest BCUT2D eigenvalue weighted by molar-refractivity contribution is 5.43. The quantitative estimate of drug-likeness (QED) is 0.798. The number of hydrogen-bond donors (Lipinski definition) is 1. The monoisotopic (exact) mass is 195 g/mol. The van der Waals surface area contributed by atoms with Crippen molar-refractivity contribution in [2.75, 3.05) is 14.2 Å². The molecule has 1 unspecified atom stereocenters. The van der Waals surface area contributed by atoms with Gasteiger partial charge >= 0.3 is 0 Å². The van der Waals surface area contributed by atoms with Crippen LogP contribution < -0.4 is 9.47 Å². The molecule has 1 radical (unpaired) electrons. The summed E-state index contributed by atoms with van der Waals surface area (Å²) in [5.41, 5.74) is 0.796. The molecule has 1 N–H and O–H groups in total. The molecule has 0 amide bonds. The summed E-state index contributed by atoms with van der Waals surface area (Å²) in [6.45, 7) is 1.81. The lowest BCUT2D eigenvalue weighted by molar-refractivity contribution is 0.211. The van der Waals surface area contributed by atoms with E-state index in [1.54, 1.807) is 39.7 Å². The lowest BCUT2D eigenvalue weighted by atomic mass is 10.1. The molecule has 0 aliphatic rings. The Morgan fingerprint density at radius 3 is 2.36 bits per heavy atom. The van der Waals surface area contributed by atoms with Gasteiger partial charge in [-0.1, -0.05) is 13.0 Å². The second-order valence-corrected chi connectivity index (χ2v) is 2.89. The first kappa shape index (κ1) is 10.9. The van der Waals surface area contributed by atoms with Gasteiger partial charge in [0.1, 0.15) is 0 Å². The molecular weight excluding hydrogens is 180 g/mol. The molecule has 0 spiro atoms. The van der Waals surface area contributed by atoms with Crippen LogP contribution in [-0.2, 0) is 0 Å². The van der Waals surface area contributed by atoms with Crippen LogP contribution in [0.25, 0.3) is 0 Å². The van der Waals surface area contributed by atoms with Gasteiger partial charge in [0.2, 0.25) is 0 Å². The second-order valence-electron chi connectivity index (χ2n) is 2.89. The minimum absolute atomic E-state index is 0.560. The van der Waals surface area contributed by atoms with Crippen LogP contribution in [0.2, 0.25) is 0 Å². The Morgan fingerprint density at radius 1 is 1.21 bits per heavy atom. The zero-order chi connectivity index (χ0) is 10.6. The molecule has 1 aromatic rings. The molecular formula is C11H15O3. The second kappa shape index (κ2) is 4.86. The molecule has 14 heavy (non-hydrogen) atoms. The van der Waals surface area contributed by atoms with Crippen molar-refractivity contribution in [1.82, 2.24) is 0 Å². The van der Waals surface area contributed by atoms with E-state index in [1.807, 2.05) is 6.07 Å². The maximum Gasteiger partial charge on any atom is 0.161 e. The Balaban J connectivity index is 3.01. The largest absolute Gasteiger partial charge is 0.493 e. The molecule has 77 valence electrons. The van der Waals surface area contributed by atoms with E-state index in [2.05, 4.69) is 0 Å². The van der Waals surface area contributed by atoms with Gasteiger partial charge in [0.15, 0.2) is 11.5 Å². The van der Waals surface area contributed by atoms with Gasteiger partial charge in [-0.3, -0.25) is 0 Å². The van der Waals surface area contributed by atoms with Crippen LogP contribution in [0, 0.1) is 6.42 Å². The normalized spacial score (nSPS) is 12.3. The van der Waals surface area contributed by atoms with Crippen molar-refractivity contribution in [3.8, 4) is 11.5 Å². The van der Waals surface area contributed by atoms with E-state index >= 15 is 0 Å². The van der Waals surface area contributed by atoms with Gasteiger partial charge in [-0.25, -0.2) is 0 Å². The van der Waals surface area contributed by atoms with Crippen molar-refractivity contribution >= 4 is 0 Å². The highest BCUT2D eigenvalue weighted by Crippen LogP contribution is 2.30. The lowest BCUT2D eigenvalue weighted by Crippen LogP contribution is -1.98. The average Bonchev–Trinajstić information content (AvgIpc) is 2.26. The third-order valence-corrected chi connectivity index (χ3v) is 2.06. The third kappa shape index (κ3) is 2.17. The summed E-state index contributed by atoms with van der Waals surface area (Å²) in [6, 6.07) is 5.36. The minimum atomic E-state index is -0.560. The Morgan fingerprint density at radius 2 is 1.86 bits per heavy atom. The summed E-state index contributed by atoms with van der Waals surface area (Å²) in [4.78, 5) is 0. The first-order valence-corrected chi connectivity index (χ1v) is 4.42. The van der Waals surface area contributed by atoms with Gasteiger partial charge in [-0.2, -0.15) is 0 Å². The zero-order valence-corrected chi connectivity index (χ0v) is 8.65. The molecule has 1 aromatic carbocycles. The lowest BCUT2D eigenvalue weighted by Gasteiger charge is -2.12. The van der Waals surface area contributed by atoms with Gasteiger partial charge in [-0.05, 0) is 24.1 Å². The van der Waals surface area contributed by atoms with Crippen molar-refractivity contribution in [2.45, 2.75) is 13.0 Å². The minimum Gasteiger partial charge on any atom is -0.493 e. The molecule has 0 aliphatic heterocycles. The Kier molecular flexibility index (Phi) is 3.77. The average molecular weight is 195 g/mol. The third-order valence-electron chi connectivity index (χ3n) is 2.06. The summed E-state index contributed by atoms with van der Waals surface area (Å²) >= 11 is 0. The van der Waals surface area contributed by atoms with E-state index in [1.165, 1.54) is 0 Å². The van der Waals surface area contributed by atoms with Gasteiger partial charge in [0.25, 0.3) is 0 Å². The number of aliphatic hydroxyl groups is 1. The predicted molar refractivity (Wildman–Crippen MR) is 54.5 cm³/mol. The first-order valence-electron chi connectivity index (χ1n) is 4.42. The van der Waals surface area contributed by atoms with Crippen LogP contribution in [0.3, 0.4) is 0 Å². The fourth-order valence-corrected chi connectivity index (χ4v) is 1.23. The highest BCUT2D eigenvalue weighted by Gasteiger charge is 2.09. The molecule has 0 fully saturated rings. The van der Waals surface area contributed by atoms with Crippen LogP contribution >= 0.6 is 0 Å². The Labute approximate surface area is 84.3 Å². The topological polar surface area (TPSA) is 38.7 Å². The van der Waals surface area contributed by atoms with Crippen LogP contribution in [0.5, 0.6) is 11.5 Å². The number of aliphatic hydroxyl groups excluding tert-OH is 1. The molecule has 3 heteroatoms. The molecule has 1 rings (SSSR count). The van der Waals surface area contributed by atoms with Gasteiger partial charge in [-0.15, -0.1) is 0 Å². The van der Waals surface area contributed by atoms with E-state index in [4.69, 9.17) is 9.47 Å². The number of hydrogen-bond acceptors (Lipinski definition) is 3. The van der Waals surface area contributed by atoms with Crippen LogP contribution in [0.4, 0.5) is 0 Å². The van der Waals surface area contributed by atoms with E-state index in [-0.39, 0.29) is 0 Å². The SMILES string of the molecule is C[CH]C(O)c1ccc(OC)c(OC)c1. The Bertz CT molecular complexity index is 297. The van der Waals surface area contributed by atoms with Crippen molar-refractivity contribution in [3.05, 3.63) is 30.2 Å².